The topological polar surface area (TPSA) is 88.5 Å². The summed E-state index contributed by atoms with van der Waals surface area (Å²) in [5.74, 6) is -12.4. The number of benzene rings is 2. The molecule has 6 nitrogen and oxygen atoms in total. The van der Waals surface area contributed by atoms with E-state index >= 15 is 0 Å². The Morgan fingerprint density at radius 2 is 1.53 bits per heavy atom. The zero-order valence-corrected chi connectivity index (χ0v) is 15.0. The minimum atomic E-state index is -2.33. The third-order valence-electron chi connectivity index (χ3n) is 3.93. The number of pyridine rings is 1. The maximum atomic E-state index is 14.0. The van der Waals surface area contributed by atoms with Gasteiger partial charge < -0.3 is 15.2 Å². The van der Waals surface area contributed by atoms with Crippen LogP contribution >= 0.6 is 0 Å². The summed E-state index contributed by atoms with van der Waals surface area (Å²) >= 11 is 0. The van der Waals surface area contributed by atoms with Crippen LogP contribution in [0.4, 0.5) is 23.2 Å². The highest BCUT2D eigenvalue weighted by Crippen LogP contribution is 2.25. The highest BCUT2D eigenvalue weighted by molar-refractivity contribution is 6.11. The number of nitrogens with zero attached hydrogens (tertiary/aromatic N) is 1. The van der Waals surface area contributed by atoms with Crippen LogP contribution in [-0.2, 0) is 6.61 Å². The Kier molecular flexibility index (Phi) is 5.95. The van der Waals surface area contributed by atoms with E-state index in [2.05, 4.69) is 10.3 Å². The van der Waals surface area contributed by atoms with Crippen LogP contribution < -0.4 is 10.1 Å². The van der Waals surface area contributed by atoms with Gasteiger partial charge in [0.2, 0.25) is 5.88 Å². The smallest absolute Gasteiger partial charge is 0.339 e. The SMILES string of the molecule is O=C(O)c1c(F)c(F)c(F)c(F)c1C(=O)Nc1ccc(OCc2ccccc2)nc1. The maximum Gasteiger partial charge on any atom is 0.339 e. The second-order valence-corrected chi connectivity index (χ2v) is 5.92. The number of halogens is 4. The van der Waals surface area contributed by atoms with E-state index in [1.165, 1.54) is 12.1 Å². The molecule has 0 aliphatic rings. The van der Waals surface area contributed by atoms with Gasteiger partial charge in [-0.25, -0.2) is 27.3 Å². The van der Waals surface area contributed by atoms with Crippen molar-refractivity contribution in [1.82, 2.24) is 4.98 Å². The van der Waals surface area contributed by atoms with E-state index in [-0.39, 0.29) is 18.2 Å². The average Bonchev–Trinajstić information content (AvgIpc) is 2.74. The van der Waals surface area contributed by atoms with Gasteiger partial charge in [-0.2, -0.15) is 0 Å². The molecule has 3 rings (SSSR count). The van der Waals surface area contributed by atoms with Gasteiger partial charge in [0.15, 0.2) is 23.3 Å². The van der Waals surface area contributed by atoms with E-state index in [0.29, 0.717) is 0 Å². The van der Waals surface area contributed by atoms with Gasteiger partial charge in [-0.1, -0.05) is 30.3 Å². The summed E-state index contributed by atoms with van der Waals surface area (Å²) in [4.78, 5) is 27.3. The monoisotopic (exact) mass is 420 g/mol. The standard InChI is InChI=1S/C20H12F4N2O4/c21-15-13(14(20(28)29)16(22)18(24)17(15)23)19(27)26-11-6-7-12(25-8-11)30-9-10-4-2-1-3-5-10/h1-8H,9H2,(H,26,27)(H,28,29). The molecule has 30 heavy (non-hydrogen) atoms. The Morgan fingerprint density at radius 1 is 0.900 bits per heavy atom. The number of aromatic carboxylic acids is 1. The van der Waals surface area contributed by atoms with E-state index in [9.17, 15) is 27.2 Å². The molecule has 0 saturated heterocycles. The summed E-state index contributed by atoms with van der Waals surface area (Å²) in [5.41, 5.74) is -2.27. The molecule has 0 fully saturated rings. The lowest BCUT2D eigenvalue weighted by molar-refractivity contribution is 0.0684. The Balaban J connectivity index is 1.79. The van der Waals surface area contributed by atoms with Gasteiger partial charge in [-0.15, -0.1) is 0 Å². The number of hydrogen-bond donors (Lipinski definition) is 2. The van der Waals surface area contributed by atoms with E-state index < -0.39 is 46.3 Å². The first-order chi connectivity index (χ1) is 14.3. The van der Waals surface area contributed by atoms with Gasteiger partial charge in [0, 0.05) is 6.07 Å². The quantitative estimate of drug-likeness (QED) is 0.355. The molecule has 0 aliphatic carbocycles. The molecule has 1 amide bonds. The van der Waals surface area contributed by atoms with E-state index in [1.54, 1.807) is 0 Å². The Bertz CT molecular complexity index is 1110. The molecule has 0 saturated carbocycles. The van der Waals surface area contributed by atoms with Crippen molar-refractivity contribution in [2.24, 2.45) is 0 Å². The number of nitrogens with one attached hydrogen (secondary N) is 1. The van der Waals surface area contributed by atoms with Gasteiger partial charge in [0.1, 0.15) is 12.2 Å². The predicted octanol–water partition coefficient (Wildman–Crippen LogP) is 4.17. The lowest BCUT2D eigenvalue weighted by Gasteiger charge is -2.11. The molecule has 0 unspecified atom stereocenters. The van der Waals surface area contributed by atoms with Crippen LogP contribution in [0.1, 0.15) is 26.3 Å². The fraction of sp³-hybridized carbons (Fsp3) is 0.0500. The first kappa shape index (κ1) is 20.8. The van der Waals surface area contributed by atoms with Crippen LogP contribution in [0.25, 0.3) is 0 Å². The summed E-state index contributed by atoms with van der Waals surface area (Å²) in [5, 5.41) is 11.0. The van der Waals surface area contributed by atoms with Crippen LogP contribution in [0.3, 0.4) is 0 Å². The zero-order valence-electron chi connectivity index (χ0n) is 15.0. The number of ether oxygens (including phenoxy) is 1. The number of carboxylic acid groups (broad SMARTS) is 1. The first-order valence-corrected chi connectivity index (χ1v) is 8.33. The third kappa shape index (κ3) is 4.22. The largest absolute Gasteiger partial charge is 0.478 e. The molecule has 10 heteroatoms. The number of carbonyl (C=O) groups is 2. The first-order valence-electron chi connectivity index (χ1n) is 8.33. The molecule has 0 atom stereocenters. The highest BCUT2D eigenvalue weighted by atomic mass is 19.2. The van der Waals surface area contributed by atoms with Crippen LogP contribution in [0.15, 0.2) is 48.7 Å². The van der Waals surface area contributed by atoms with E-state index in [0.717, 1.165) is 11.8 Å². The summed E-state index contributed by atoms with van der Waals surface area (Å²) in [6.07, 6.45) is 1.10. The van der Waals surface area contributed by atoms with Crippen molar-refractivity contribution >= 4 is 17.6 Å². The molecule has 0 bridgehead atoms. The van der Waals surface area contributed by atoms with Crippen LogP contribution in [0.2, 0.25) is 0 Å². The van der Waals surface area contributed by atoms with Crippen molar-refractivity contribution in [3.8, 4) is 5.88 Å². The summed E-state index contributed by atoms with van der Waals surface area (Å²) < 4.78 is 60.0. The molecule has 1 aromatic heterocycles. The van der Waals surface area contributed by atoms with Gasteiger partial charge in [-0.05, 0) is 11.6 Å². The number of anilines is 1. The minimum absolute atomic E-state index is 0.0482. The van der Waals surface area contributed by atoms with Crippen molar-refractivity contribution in [1.29, 1.82) is 0 Å². The minimum Gasteiger partial charge on any atom is -0.478 e. The number of carbonyl (C=O) groups excluding carboxylic acids is 1. The predicted molar refractivity (Wildman–Crippen MR) is 96.2 cm³/mol. The van der Waals surface area contributed by atoms with Crippen molar-refractivity contribution < 1.29 is 37.0 Å². The molecule has 2 aromatic carbocycles. The van der Waals surface area contributed by atoms with Gasteiger partial charge in [-0.3, -0.25) is 4.79 Å². The lowest BCUT2D eigenvalue weighted by Crippen LogP contribution is -2.22. The average molecular weight is 420 g/mol. The van der Waals surface area contributed by atoms with Crippen LogP contribution in [0.5, 0.6) is 5.88 Å². The van der Waals surface area contributed by atoms with Gasteiger partial charge in [0.05, 0.1) is 17.4 Å². The fourth-order valence-corrected chi connectivity index (χ4v) is 2.51. The third-order valence-corrected chi connectivity index (χ3v) is 3.93. The molecule has 2 N–H and O–H groups in total. The Hall–Kier alpha value is -3.95. The molecule has 0 spiro atoms. The molecular formula is C20H12F4N2O4. The van der Waals surface area contributed by atoms with Crippen molar-refractivity contribution in [2.75, 3.05) is 5.32 Å². The molecule has 0 aliphatic heterocycles. The second-order valence-electron chi connectivity index (χ2n) is 5.92. The number of amides is 1. The maximum absolute atomic E-state index is 14.0. The number of rotatable bonds is 6. The van der Waals surface area contributed by atoms with E-state index in [1.807, 2.05) is 30.3 Å². The van der Waals surface area contributed by atoms with Crippen molar-refractivity contribution in [2.45, 2.75) is 6.61 Å². The van der Waals surface area contributed by atoms with Gasteiger partial charge in [0.25, 0.3) is 5.91 Å². The summed E-state index contributed by atoms with van der Waals surface area (Å²) in [7, 11) is 0. The Labute approximate surface area is 166 Å². The normalized spacial score (nSPS) is 10.5. The van der Waals surface area contributed by atoms with Gasteiger partial charge >= 0.3 is 5.97 Å². The number of hydrogen-bond acceptors (Lipinski definition) is 4. The van der Waals surface area contributed by atoms with E-state index in [4.69, 9.17) is 9.84 Å². The molecule has 3 aromatic rings. The molecular weight excluding hydrogens is 408 g/mol. The molecule has 0 radical (unpaired) electrons. The van der Waals surface area contributed by atoms with Crippen molar-refractivity contribution in [3.05, 3.63) is 88.6 Å². The molecule has 1 heterocycles. The van der Waals surface area contributed by atoms with Crippen molar-refractivity contribution in [3.63, 3.8) is 0 Å². The Morgan fingerprint density at radius 3 is 2.10 bits per heavy atom. The number of aromatic nitrogens is 1. The zero-order chi connectivity index (χ0) is 21.8. The van der Waals surface area contributed by atoms with Crippen LogP contribution in [-0.4, -0.2) is 22.0 Å². The summed E-state index contributed by atoms with van der Waals surface area (Å²) in [6, 6.07) is 11.8. The van der Waals surface area contributed by atoms with Crippen LogP contribution in [0, 0.1) is 23.3 Å². The second kappa shape index (κ2) is 8.60. The summed E-state index contributed by atoms with van der Waals surface area (Å²) in [6.45, 7) is 0.223. The molecule has 154 valence electrons. The fourth-order valence-electron chi connectivity index (χ4n) is 2.51. The number of carboxylic acids is 1. The lowest BCUT2D eigenvalue weighted by atomic mass is 10.0. The highest BCUT2D eigenvalue weighted by Gasteiger charge is 2.32.